The van der Waals surface area contributed by atoms with E-state index in [0.29, 0.717) is 5.56 Å². The molecule has 0 fully saturated rings. The molecule has 0 spiro atoms. The summed E-state index contributed by atoms with van der Waals surface area (Å²) in [6.07, 6.45) is -2.72. The van der Waals surface area contributed by atoms with Crippen molar-refractivity contribution in [2.45, 2.75) is 25.2 Å². The Bertz CT molecular complexity index is 909. The van der Waals surface area contributed by atoms with Gasteiger partial charge in [-0.05, 0) is 41.0 Å². The van der Waals surface area contributed by atoms with Crippen molar-refractivity contribution in [1.29, 1.82) is 0 Å². The highest BCUT2D eigenvalue weighted by Gasteiger charge is 2.30. The molecule has 0 saturated heterocycles. The van der Waals surface area contributed by atoms with Gasteiger partial charge in [0.15, 0.2) is 0 Å². The second-order valence-corrected chi connectivity index (χ2v) is 6.29. The summed E-state index contributed by atoms with van der Waals surface area (Å²) in [5, 5.41) is 5.64. The van der Waals surface area contributed by atoms with Crippen LogP contribution in [0.3, 0.4) is 0 Å². The average molecular weight is 355 g/mol. The minimum absolute atomic E-state index is 0.0568. The zero-order valence-electron chi connectivity index (χ0n) is 14.4. The normalized spacial score (nSPS) is 14.2. The van der Waals surface area contributed by atoms with E-state index in [1.807, 2.05) is 43.3 Å². The SMILES string of the molecule is C=CC(N[C@H](C)c1cccc2ccccc12)c1cccc(C(F)(F)F)c1. The van der Waals surface area contributed by atoms with E-state index in [9.17, 15) is 13.2 Å². The lowest BCUT2D eigenvalue weighted by Gasteiger charge is -2.23. The van der Waals surface area contributed by atoms with Crippen LogP contribution in [0.5, 0.6) is 0 Å². The van der Waals surface area contributed by atoms with Gasteiger partial charge in [0.25, 0.3) is 0 Å². The zero-order valence-corrected chi connectivity index (χ0v) is 14.4. The number of alkyl halides is 3. The first-order valence-electron chi connectivity index (χ1n) is 8.43. The molecule has 3 rings (SSSR count). The monoisotopic (exact) mass is 355 g/mol. The van der Waals surface area contributed by atoms with Crippen molar-refractivity contribution in [1.82, 2.24) is 5.32 Å². The van der Waals surface area contributed by atoms with Crippen molar-refractivity contribution in [2.24, 2.45) is 0 Å². The molecular weight excluding hydrogens is 335 g/mol. The number of halogens is 3. The number of nitrogens with one attached hydrogen (secondary N) is 1. The third-order valence-electron chi connectivity index (χ3n) is 4.53. The molecule has 1 unspecified atom stereocenters. The Hall–Kier alpha value is -2.59. The number of fused-ring (bicyclic) bond motifs is 1. The molecule has 0 saturated carbocycles. The number of rotatable bonds is 5. The van der Waals surface area contributed by atoms with Crippen molar-refractivity contribution >= 4 is 10.8 Å². The van der Waals surface area contributed by atoms with Crippen LogP contribution in [0.2, 0.25) is 0 Å². The lowest BCUT2D eigenvalue weighted by Crippen LogP contribution is -2.23. The van der Waals surface area contributed by atoms with Crippen LogP contribution in [0.1, 0.15) is 35.7 Å². The summed E-state index contributed by atoms with van der Waals surface area (Å²) in [5.41, 5.74) is 0.991. The smallest absolute Gasteiger partial charge is 0.300 e. The summed E-state index contributed by atoms with van der Waals surface area (Å²) < 4.78 is 39.0. The molecule has 0 aliphatic carbocycles. The van der Waals surface area contributed by atoms with Crippen molar-refractivity contribution in [3.05, 3.63) is 96.1 Å². The van der Waals surface area contributed by atoms with Gasteiger partial charge in [-0.3, -0.25) is 0 Å². The summed E-state index contributed by atoms with van der Waals surface area (Å²) in [5.74, 6) is 0. The predicted molar refractivity (Wildman–Crippen MR) is 99.9 cm³/mol. The molecule has 0 aromatic heterocycles. The molecule has 2 atom stereocenters. The van der Waals surface area contributed by atoms with E-state index in [0.717, 1.165) is 22.4 Å². The maximum Gasteiger partial charge on any atom is 0.416 e. The summed E-state index contributed by atoms with van der Waals surface area (Å²) in [6, 6.07) is 19.1. The van der Waals surface area contributed by atoms with Crippen LogP contribution in [0.25, 0.3) is 10.8 Å². The van der Waals surface area contributed by atoms with E-state index in [1.54, 1.807) is 12.1 Å². The highest BCUT2D eigenvalue weighted by Crippen LogP contribution is 2.32. The highest BCUT2D eigenvalue weighted by atomic mass is 19.4. The third-order valence-corrected chi connectivity index (χ3v) is 4.53. The van der Waals surface area contributed by atoms with Crippen molar-refractivity contribution in [2.75, 3.05) is 0 Å². The molecular formula is C22H20F3N. The molecule has 3 aromatic rings. The van der Waals surface area contributed by atoms with Gasteiger partial charge >= 0.3 is 6.18 Å². The van der Waals surface area contributed by atoms with Crippen LogP contribution in [0, 0.1) is 0 Å². The van der Waals surface area contributed by atoms with Gasteiger partial charge in [-0.25, -0.2) is 0 Å². The fourth-order valence-corrected chi connectivity index (χ4v) is 3.20. The van der Waals surface area contributed by atoms with E-state index in [2.05, 4.69) is 18.0 Å². The maximum atomic E-state index is 13.0. The maximum absolute atomic E-state index is 13.0. The summed E-state index contributed by atoms with van der Waals surface area (Å²) in [7, 11) is 0. The highest BCUT2D eigenvalue weighted by molar-refractivity contribution is 5.86. The minimum Gasteiger partial charge on any atom is -0.300 e. The van der Waals surface area contributed by atoms with Gasteiger partial charge in [0.05, 0.1) is 11.6 Å². The summed E-state index contributed by atoms with van der Waals surface area (Å²) in [6.45, 7) is 5.80. The second-order valence-electron chi connectivity index (χ2n) is 6.29. The Morgan fingerprint density at radius 1 is 0.962 bits per heavy atom. The predicted octanol–water partition coefficient (Wildman–Crippen LogP) is 6.44. The van der Waals surface area contributed by atoms with Gasteiger partial charge in [0.2, 0.25) is 0 Å². The topological polar surface area (TPSA) is 12.0 Å². The molecule has 0 heterocycles. The van der Waals surface area contributed by atoms with E-state index >= 15 is 0 Å². The lowest BCUT2D eigenvalue weighted by atomic mass is 9.97. The van der Waals surface area contributed by atoms with Gasteiger partial charge < -0.3 is 5.32 Å². The molecule has 1 nitrogen and oxygen atoms in total. The standard InChI is InChI=1S/C22H20F3N/c1-3-21(17-10-6-11-18(14-17)22(23,24)25)26-15(2)19-13-7-9-16-8-4-5-12-20(16)19/h3-15,21,26H,1H2,2H3/t15-,21?/m1/s1. The van der Waals surface area contributed by atoms with Crippen LogP contribution in [-0.4, -0.2) is 0 Å². The molecule has 1 N–H and O–H groups in total. The zero-order chi connectivity index (χ0) is 18.7. The molecule has 134 valence electrons. The summed E-state index contributed by atoms with van der Waals surface area (Å²) >= 11 is 0. The molecule has 0 bridgehead atoms. The van der Waals surface area contributed by atoms with Gasteiger partial charge in [0, 0.05) is 6.04 Å². The van der Waals surface area contributed by atoms with Gasteiger partial charge in [-0.1, -0.05) is 60.7 Å². The van der Waals surface area contributed by atoms with Crippen LogP contribution >= 0.6 is 0 Å². The fourth-order valence-electron chi connectivity index (χ4n) is 3.20. The van der Waals surface area contributed by atoms with E-state index in [4.69, 9.17) is 0 Å². The van der Waals surface area contributed by atoms with Gasteiger partial charge in [-0.2, -0.15) is 13.2 Å². The van der Waals surface area contributed by atoms with E-state index < -0.39 is 11.7 Å². The van der Waals surface area contributed by atoms with Crippen LogP contribution in [0.15, 0.2) is 79.4 Å². The Balaban J connectivity index is 1.89. The van der Waals surface area contributed by atoms with Crippen LogP contribution < -0.4 is 5.32 Å². The first-order valence-corrected chi connectivity index (χ1v) is 8.43. The summed E-state index contributed by atoms with van der Waals surface area (Å²) in [4.78, 5) is 0. The lowest BCUT2D eigenvalue weighted by molar-refractivity contribution is -0.137. The molecule has 4 heteroatoms. The van der Waals surface area contributed by atoms with Crippen molar-refractivity contribution in [3.63, 3.8) is 0 Å². The Morgan fingerprint density at radius 3 is 2.38 bits per heavy atom. The van der Waals surface area contributed by atoms with E-state index in [1.165, 1.54) is 12.1 Å². The van der Waals surface area contributed by atoms with Crippen LogP contribution in [-0.2, 0) is 6.18 Å². The van der Waals surface area contributed by atoms with Gasteiger partial charge in [0.1, 0.15) is 0 Å². The molecule has 3 aromatic carbocycles. The third kappa shape index (κ3) is 3.81. The Morgan fingerprint density at radius 2 is 1.65 bits per heavy atom. The Labute approximate surface area is 151 Å². The average Bonchev–Trinajstić information content (AvgIpc) is 2.65. The molecule has 26 heavy (non-hydrogen) atoms. The first-order chi connectivity index (χ1) is 12.4. The van der Waals surface area contributed by atoms with Crippen LogP contribution in [0.4, 0.5) is 13.2 Å². The Kier molecular flexibility index (Phi) is 5.14. The second kappa shape index (κ2) is 7.34. The first kappa shape index (κ1) is 18.2. The minimum atomic E-state index is -4.36. The number of hydrogen-bond acceptors (Lipinski definition) is 1. The fraction of sp³-hybridized carbons (Fsp3) is 0.182. The largest absolute Gasteiger partial charge is 0.416 e. The van der Waals surface area contributed by atoms with E-state index in [-0.39, 0.29) is 12.1 Å². The number of hydrogen-bond donors (Lipinski definition) is 1. The molecule has 0 aliphatic rings. The van der Waals surface area contributed by atoms with Crippen molar-refractivity contribution in [3.8, 4) is 0 Å². The van der Waals surface area contributed by atoms with Crippen molar-refractivity contribution < 1.29 is 13.2 Å². The molecule has 0 amide bonds. The number of benzene rings is 3. The molecule has 0 aliphatic heterocycles. The van der Waals surface area contributed by atoms with Gasteiger partial charge in [-0.15, -0.1) is 6.58 Å². The molecule has 0 radical (unpaired) electrons. The quantitative estimate of drug-likeness (QED) is 0.520.